The molecule has 14 heavy (non-hydrogen) atoms. The fraction of sp³-hybridized carbons (Fsp3) is 0.700. The number of hydrogen-bond donors (Lipinski definition) is 1. The number of nitrogens with one attached hydrogen (secondary N) is 1. The molecule has 1 N–H and O–H groups in total. The molecule has 1 atom stereocenters. The van der Waals surface area contributed by atoms with Gasteiger partial charge in [-0.05, 0) is 13.3 Å². The molecule has 1 heterocycles. The van der Waals surface area contributed by atoms with Gasteiger partial charge in [-0.15, -0.1) is 0 Å². The van der Waals surface area contributed by atoms with Crippen LogP contribution >= 0.6 is 11.6 Å². The molecule has 80 valence electrons. The third-order valence-corrected chi connectivity index (χ3v) is 2.35. The highest BCUT2D eigenvalue weighted by atomic mass is 35.5. The van der Waals surface area contributed by atoms with Crippen LogP contribution in [0.3, 0.4) is 0 Å². The van der Waals surface area contributed by atoms with E-state index in [4.69, 9.17) is 11.6 Å². The Hall–Kier alpha value is -0.540. The van der Waals surface area contributed by atoms with Crippen LogP contribution in [0.1, 0.15) is 26.7 Å². The molecule has 0 aliphatic rings. The van der Waals surface area contributed by atoms with Gasteiger partial charge in [0, 0.05) is 18.8 Å². The van der Waals surface area contributed by atoms with E-state index < -0.39 is 0 Å². The summed E-state index contributed by atoms with van der Waals surface area (Å²) in [4.78, 5) is 0. The molecule has 0 saturated carbocycles. The third kappa shape index (κ3) is 4.11. The predicted octanol–water partition coefficient (Wildman–Crippen LogP) is 2.31. The van der Waals surface area contributed by atoms with Crippen molar-refractivity contribution >= 4 is 11.6 Å². The Morgan fingerprint density at radius 1 is 1.64 bits per heavy atom. The van der Waals surface area contributed by atoms with Gasteiger partial charge in [-0.2, -0.15) is 5.10 Å². The summed E-state index contributed by atoms with van der Waals surface area (Å²) >= 11 is 5.75. The Balaban J connectivity index is 2.15. The Bertz CT molecular complexity index is 260. The van der Waals surface area contributed by atoms with Crippen molar-refractivity contribution in [2.75, 3.05) is 6.54 Å². The smallest absolute Gasteiger partial charge is 0.0785 e. The van der Waals surface area contributed by atoms with E-state index >= 15 is 0 Å². The number of nitrogens with zero attached hydrogens (tertiary/aromatic N) is 2. The van der Waals surface area contributed by atoms with Gasteiger partial charge in [0.1, 0.15) is 0 Å². The first-order valence-electron chi connectivity index (χ1n) is 5.13. The number of aromatic nitrogens is 2. The van der Waals surface area contributed by atoms with Gasteiger partial charge in [-0.1, -0.05) is 24.9 Å². The van der Waals surface area contributed by atoms with Crippen LogP contribution in [0.4, 0.5) is 0 Å². The van der Waals surface area contributed by atoms with Crippen LogP contribution in [0.15, 0.2) is 12.4 Å². The maximum absolute atomic E-state index is 5.75. The maximum Gasteiger partial charge on any atom is 0.0785 e. The van der Waals surface area contributed by atoms with Gasteiger partial charge in [-0.25, -0.2) is 0 Å². The van der Waals surface area contributed by atoms with Crippen LogP contribution in [0, 0.1) is 0 Å². The molecule has 0 bridgehead atoms. The maximum atomic E-state index is 5.75. The van der Waals surface area contributed by atoms with E-state index in [-0.39, 0.29) is 0 Å². The van der Waals surface area contributed by atoms with Crippen molar-refractivity contribution in [1.82, 2.24) is 15.1 Å². The fourth-order valence-electron chi connectivity index (χ4n) is 1.42. The minimum Gasteiger partial charge on any atom is -0.312 e. The van der Waals surface area contributed by atoms with Crippen LogP contribution in [-0.4, -0.2) is 22.4 Å². The molecular formula is C10H18ClN3. The summed E-state index contributed by atoms with van der Waals surface area (Å²) in [6.45, 7) is 6.23. The zero-order valence-electron chi connectivity index (χ0n) is 8.83. The molecule has 0 aliphatic carbocycles. The van der Waals surface area contributed by atoms with Gasteiger partial charge < -0.3 is 5.32 Å². The molecule has 0 fully saturated rings. The van der Waals surface area contributed by atoms with Crippen LogP contribution < -0.4 is 5.32 Å². The molecule has 0 aliphatic heterocycles. The summed E-state index contributed by atoms with van der Waals surface area (Å²) in [7, 11) is 0. The summed E-state index contributed by atoms with van der Waals surface area (Å²) in [5, 5.41) is 8.24. The first-order chi connectivity index (χ1) is 6.72. The Morgan fingerprint density at radius 3 is 3.00 bits per heavy atom. The second-order valence-electron chi connectivity index (χ2n) is 3.57. The molecule has 1 unspecified atom stereocenters. The topological polar surface area (TPSA) is 29.9 Å². The van der Waals surface area contributed by atoms with Gasteiger partial charge in [0.2, 0.25) is 0 Å². The van der Waals surface area contributed by atoms with E-state index in [1.165, 1.54) is 12.8 Å². The highest BCUT2D eigenvalue weighted by Gasteiger charge is 1.99. The standard InChI is InChI=1S/C10H18ClN3/c1-3-4-9(2)12-5-6-14-8-10(11)7-13-14/h7-9,12H,3-6H2,1-2H3. The molecule has 1 aromatic rings. The van der Waals surface area contributed by atoms with Crippen LogP contribution in [0.2, 0.25) is 5.02 Å². The van der Waals surface area contributed by atoms with Crippen molar-refractivity contribution < 1.29 is 0 Å². The molecule has 1 rings (SSSR count). The molecule has 0 spiro atoms. The lowest BCUT2D eigenvalue weighted by Gasteiger charge is -2.12. The first-order valence-corrected chi connectivity index (χ1v) is 5.51. The third-order valence-electron chi connectivity index (χ3n) is 2.16. The Kier molecular flexibility index (Phi) is 4.98. The summed E-state index contributed by atoms with van der Waals surface area (Å²) < 4.78 is 1.86. The van der Waals surface area contributed by atoms with Crippen molar-refractivity contribution in [3.8, 4) is 0 Å². The van der Waals surface area contributed by atoms with Gasteiger partial charge in [0.25, 0.3) is 0 Å². The lowest BCUT2D eigenvalue weighted by molar-refractivity contribution is 0.472. The molecule has 3 nitrogen and oxygen atoms in total. The van der Waals surface area contributed by atoms with Gasteiger partial charge in [-0.3, -0.25) is 4.68 Å². The van der Waals surface area contributed by atoms with Crippen LogP contribution in [0.25, 0.3) is 0 Å². The van der Waals surface area contributed by atoms with E-state index in [2.05, 4.69) is 24.3 Å². The summed E-state index contributed by atoms with van der Waals surface area (Å²) in [6.07, 6.45) is 5.95. The molecule has 1 aromatic heterocycles. The molecular weight excluding hydrogens is 198 g/mol. The van der Waals surface area contributed by atoms with Crippen LogP contribution in [-0.2, 0) is 6.54 Å². The fourth-order valence-corrected chi connectivity index (χ4v) is 1.58. The normalized spacial score (nSPS) is 13.1. The number of halogens is 1. The summed E-state index contributed by atoms with van der Waals surface area (Å²) in [6, 6.07) is 0.589. The van der Waals surface area contributed by atoms with Crippen molar-refractivity contribution in [2.45, 2.75) is 39.3 Å². The van der Waals surface area contributed by atoms with Crippen LogP contribution in [0.5, 0.6) is 0 Å². The zero-order chi connectivity index (χ0) is 10.4. The van der Waals surface area contributed by atoms with E-state index in [9.17, 15) is 0 Å². The minimum atomic E-state index is 0.589. The first kappa shape index (κ1) is 11.5. The second kappa shape index (κ2) is 6.04. The summed E-state index contributed by atoms with van der Waals surface area (Å²) in [5.74, 6) is 0. The van der Waals surface area contributed by atoms with Gasteiger partial charge in [0.05, 0.1) is 17.8 Å². The van der Waals surface area contributed by atoms with E-state index in [1.54, 1.807) is 6.20 Å². The lowest BCUT2D eigenvalue weighted by Crippen LogP contribution is -2.29. The van der Waals surface area contributed by atoms with Crippen molar-refractivity contribution in [1.29, 1.82) is 0 Å². The highest BCUT2D eigenvalue weighted by Crippen LogP contribution is 2.03. The number of hydrogen-bond acceptors (Lipinski definition) is 2. The number of rotatable bonds is 6. The zero-order valence-corrected chi connectivity index (χ0v) is 9.59. The minimum absolute atomic E-state index is 0.589. The largest absolute Gasteiger partial charge is 0.312 e. The molecule has 0 radical (unpaired) electrons. The van der Waals surface area contributed by atoms with Gasteiger partial charge in [0.15, 0.2) is 0 Å². The average Bonchev–Trinajstić information content (AvgIpc) is 2.52. The van der Waals surface area contributed by atoms with Crippen molar-refractivity contribution in [2.24, 2.45) is 0 Å². The monoisotopic (exact) mass is 215 g/mol. The van der Waals surface area contributed by atoms with Crippen molar-refractivity contribution in [3.05, 3.63) is 17.4 Å². The quantitative estimate of drug-likeness (QED) is 0.790. The molecule has 0 saturated heterocycles. The van der Waals surface area contributed by atoms with E-state index in [1.807, 2.05) is 10.9 Å². The Labute approximate surface area is 90.4 Å². The molecule has 0 amide bonds. The Morgan fingerprint density at radius 2 is 2.43 bits per heavy atom. The molecule has 4 heteroatoms. The van der Waals surface area contributed by atoms with Gasteiger partial charge >= 0.3 is 0 Å². The van der Waals surface area contributed by atoms with E-state index in [0.29, 0.717) is 11.1 Å². The lowest BCUT2D eigenvalue weighted by atomic mass is 10.2. The molecule has 0 aromatic carbocycles. The second-order valence-corrected chi connectivity index (χ2v) is 4.00. The highest BCUT2D eigenvalue weighted by molar-refractivity contribution is 6.30. The average molecular weight is 216 g/mol. The SMILES string of the molecule is CCCC(C)NCCn1cc(Cl)cn1. The predicted molar refractivity (Wildman–Crippen MR) is 59.6 cm³/mol. The van der Waals surface area contributed by atoms with E-state index in [0.717, 1.165) is 13.1 Å². The van der Waals surface area contributed by atoms with Crippen molar-refractivity contribution in [3.63, 3.8) is 0 Å². The summed E-state index contributed by atoms with van der Waals surface area (Å²) in [5.41, 5.74) is 0.